The molecule has 0 radical (unpaired) electrons. The predicted molar refractivity (Wildman–Crippen MR) is 144 cm³/mol. The highest BCUT2D eigenvalue weighted by molar-refractivity contribution is 6.32. The van der Waals surface area contributed by atoms with Gasteiger partial charge in [-0.2, -0.15) is 0 Å². The van der Waals surface area contributed by atoms with Crippen molar-refractivity contribution in [1.29, 1.82) is 0 Å². The number of fused-ring (bicyclic) bond motifs is 1. The lowest BCUT2D eigenvalue weighted by atomic mass is 10.2. The average Bonchev–Trinajstić information content (AvgIpc) is 2.92. The standard InChI is InChI=1S/C27H28ClN5O5/c1-17(32-27(36)22(35)10-12-34)14-37-24-7-4-6-21-25(24)26(31-16-30-21)33-18-8-9-23(20(28)13-18)38-15-19-5-2-3-11-29-19/h2-9,11,13,16-17,22,34-35H,10,12,14-15H2,1H3,(H,32,36)(H,30,31,33). The number of anilines is 2. The molecule has 198 valence electrons. The molecule has 11 heteroatoms. The summed E-state index contributed by atoms with van der Waals surface area (Å²) in [6, 6.07) is 16.0. The first-order valence-electron chi connectivity index (χ1n) is 12.0. The quantitative estimate of drug-likeness (QED) is 0.213. The number of carbonyl (C=O) groups is 1. The van der Waals surface area contributed by atoms with E-state index in [0.717, 1.165) is 5.69 Å². The molecule has 0 aliphatic rings. The van der Waals surface area contributed by atoms with E-state index in [9.17, 15) is 9.90 Å². The molecule has 4 N–H and O–H groups in total. The zero-order valence-corrected chi connectivity index (χ0v) is 21.4. The molecule has 2 aromatic carbocycles. The van der Waals surface area contributed by atoms with Crippen LogP contribution in [0.2, 0.25) is 5.02 Å². The smallest absolute Gasteiger partial charge is 0.249 e. The van der Waals surface area contributed by atoms with Gasteiger partial charge in [-0.3, -0.25) is 9.78 Å². The number of ether oxygens (including phenoxy) is 2. The highest BCUT2D eigenvalue weighted by Crippen LogP contribution is 2.34. The van der Waals surface area contributed by atoms with Crippen molar-refractivity contribution in [3.8, 4) is 11.5 Å². The van der Waals surface area contributed by atoms with Crippen LogP contribution in [0.15, 0.2) is 67.1 Å². The Bertz CT molecular complexity index is 1370. The summed E-state index contributed by atoms with van der Waals surface area (Å²) in [7, 11) is 0. The molecule has 0 aliphatic carbocycles. The second-order valence-corrected chi connectivity index (χ2v) is 8.91. The van der Waals surface area contributed by atoms with Gasteiger partial charge in [-0.15, -0.1) is 0 Å². The van der Waals surface area contributed by atoms with E-state index < -0.39 is 18.1 Å². The van der Waals surface area contributed by atoms with Gasteiger partial charge in [-0.25, -0.2) is 9.97 Å². The molecular weight excluding hydrogens is 510 g/mol. The molecule has 0 spiro atoms. The minimum Gasteiger partial charge on any atom is -0.491 e. The number of nitrogens with one attached hydrogen (secondary N) is 2. The Morgan fingerprint density at radius 3 is 2.68 bits per heavy atom. The normalized spacial score (nSPS) is 12.5. The van der Waals surface area contributed by atoms with Gasteiger partial charge < -0.3 is 30.3 Å². The van der Waals surface area contributed by atoms with Crippen LogP contribution in [0.4, 0.5) is 11.5 Å². The van der Waals surface area contributed by atoms with Crippen LogP contribution in [0.25, 0.3) is 10.9 Å². The Morgan fingerprint density at radius 1 is 1.05 bits per heavy atom. The average molecular weight is 538 g/mol. The van der Waals surface area contributed by atoms with E-state index in [4.69, 9.17) is 26.2 Å². The maximum absolute atomic E-state index is 12.0. The lowest BCUT2D eigenvalue weighted by molar-refractivity contribution is -0.130. The van der Waals surface area contributed by atoms with Gasteiger partial charge >= 0.3 is 0 Å². The number of aromatic nitrogens is 3. The predicted octanol–water partition coefficient (Wildman–Crippen LogP) is 3.63. The van der Waals surface area contributed by atoms with Crippen LogP contribution in [-0.2, 0) is 11.4 Å². The van der Waals surface area contributed by atoms with Crippen LogP contribution in [0, 0.1) is 0 Å². The van der Waals surface area contributed by atoms with Crippen LogP contribution in [0.5, 0.6) is 11.5 Å². The van der Waals surface area contributed by atoms with Gasteiger partial charge in [0.2, 0.25) is 5.91 Å². The van der Waals surface area contributed by atoms with Crippen molar-refractivity contribution in [3.63, 3.8) is 0 Å². The van der Waals surface area contributed by atoms with E-state index in [1.54, 1.807) is 31.3 Å². The third-order valence-corrected chi connectivity index (χ3v) is 5.80. The maximum Gasteiger partial charge on any atom is 0.249 e. The Balaban J connectivity index is 1.46. The Labute approximate surface area is 224 Å². The third kappa shape index (κ3) is 7.06. The molecule has 1 amide bonds. The molecule has 0 fully saturated rings. The van der Waals surface area contributed by atoms with Crippen molar-refractivity contribution in [2.45, 2.75) is 32.1 Å². The number of amides is 1. The summed E-state index contributed by atoms with van der Waals surface area (Å²) in [6.07, 6.45) is 1.85. The summed E-state index contributed by atoms with van der Waals surface area (Å²) >= 11 is 6.47. The molecule has 2 unspecified atom stereocenters. The lowest BCUT2D eigenvalue weighted by Crippen LogP contribution is -2.42. The second kappa shape index (κ2) is 13.0. The van der Waals surface area contributed by atoms with Crippen molar-refractivity contribution in [1.82, 2.24) is 20.3 Å². The third-order valence-electron chi connectivity index (χ3n) is 5.50. The summed E-state index contributed by atoms with van der Waals surface area (Å²) in [5.74, 6) is 0.991. The van der Waals surface area contributed by atoms with E-state index in [1.165, 1.54) is 6.33 Å². The van der Waals surface area contributed by atoms with Gasteiger partial charge in [0.05, 0.1) is 27.7 Å². The van der Waals surface area contributed by atoms with Gasteiger partial charge in [0, 0.05) is 24.9 Å². The van der Waals surface area contributed by atoms with Gasteiger partial charge in [0.1, 0.15) is 43.0 Å². The number of benzene rings is 2. The number of aliphatic hydroxyl groups is 2. The van der Waals surface area contributed by atoms with E-state index in [1.807, 2.05) is 36.4 Å². The topological polar surface area (TPSA) is 139 Å². The fraction of sp³-hybridized carbons (Fsp3) is 0.259. The van der Waals surface area contributed by atoms with E-state index in [0.29, 0.717) is 45.5 Å². The number of rotatable bonds is 12. The van der Waals surface area contributed by atoms with Crippen molar-refractivity contribution in [2.24, 2.45) is 0 Å². The SMILES string of the molecule is CC(COc1cccc2ncnc(Nc3ccc(OCc4ccccn4)c(Cl)c3)c12)NC(=O)C(O)CCO. The van der Waals surface area contributed by atoms with Crippen LogP contribution in [0.3, 0.4) is 0 Å². The highest BCUT2D eigenvalue weighted by Gasteiger charge is 2.18. The molecule has 0 saturated carbocycles. The Kier molecular flexibility index (Phi) is 9.26. The molecule has 0 aliphatic heterocycles. The monoisotopic (exact) mass is 537 g/mol. The largest absolute Gasteiger partial charge is 0.491 e. The van der Waals surface area contributed by atoms with Crippen LogP contribution >= 0.6 is 11.6 Å². The molecular formula is C27H28ClN5O5. The molecule has 2 atom stereocenters. The number of pyridine rings is 1. The minimum atomic E-state index is -1.28. The van der Waals surface area contributed by atoms with Gasteiger partial charge in [0.25, 0.3) is 0 Å². The van der Waals surface area contributed by atoms with Gasteiger partial charge in [-0.05, 0) is 49.4 Å². The molecule has 4 aromatic rings. The molecule has 0 saturated heterocycles. The minimum absolute atomic E-state index is 0.0313. The van der Waals surface area contributed by atoms with Gasteiger partial charge in [-0.1, -0.05) is 23.7 Å². The number of halogens is 1. The van der Waals surface area contributed by atoms with E-state index in [-0.39, 0.29) is 19.6 Å². The molecule has 0 bridgehead atoms. The number of aliphatic hydroxyl groups excluding tert-OH is 2. The molecule has 4 rings (SSSR count). The summed E-state index contributed by atoms with van der Waals surface area (Å²) in [4.78, 5) is 25.0. The first-order valence-corrected chi connectivity index (χ1v) is 12.4. The molecule has 10 nitrogen and oxygen atoms in total. The Morgan fingerprint density at radius 2 is 1.92 bits per heavy atom. The molecule has 38 heavy (non-hydrogen) atoms. The number of carbonyl (C=O) groups excluding carboxylic acids is 1. The van der Waals surface area contributed by atoms with Crippen LogP contribution < -0.4 is 20.1 Å². The van der Waals surface area contributed by atoms with Crippen molar-refractivity contribution in [3.05, 3.63) is 77.8 Å². The first-order chi connectivity index (χ1) is 18.4. The van der Waals surface area contributed by atoms with Crippen LogP contribution in [0.1, 0.15) is 19.0 Å². The molecule has 2 aromatic heterocycles. The Hall–Kier alpha value is -3.99. The molecule has 2 heterocycles. The fourth-order valence-electron chi connectivity index (χ4n) is 3.61. The summed E-state index contributed by atoms with van der Waals surface area (Å²) in [5.41, 5.74) is 2.14. The van der Waals surface area contributed by atoms with Crippen LogP contribution in [-0.4, -0.2) is 56.4 Å². The van der Waals surface area contributed by atoms with Crippen molar-refractivity contribution in [2.75, 3.05) is 18.5 Å². The maximum atomic E-state index is 12.0. The number of nitrogens with zero attached hydrogens (tertiary/aromatic N) is 3. The summed E-state index contributed by atoms with van der Waals surface area (Å²) < 4.78 is 11.8. The fourth-order valence-corrected chi connectivity index (χ4v) is 3.85. The first kappa shape index (κ1) is 27.1. The highest BCUT2D eigenvalue weighted by atomic mass is 35.5. The summed E-state index contributed by atoms with van der Waals surface area (Å²) in [6.45, 7) is 1.91. The number of hydrogen-bond donors (Lipinski definition) is 4. The zero-order valence-electron chi connectivity index (χ0n) is 20.7. The van der Waals surface area contributed by atoms with E-state index >= 15 is 0 Å². The lowest BCUT2D eigenvalue weighted by Gasteiger charge is -2.18. The number of hydrogen-bond acceptors (Lipinski definition) is 9. The van der Waals surface area contributed by atoms with Crippen molar-refractivity contribution >= 4 is 39.9 Å². The van der Waals surface area contributed by atoms with Crippen molar-refractivity contribution < 1.29 is 24.5 Å². The van der Waals surface area contributed by atoms with Gasteiger partial charge in [0.15, 0.2) is 0 Å². The second-order valence-electron chi connectivity index (χ2n) is 8.50. The zero-order chi connectivity index (χ0) is 26.9. The van der Waals surface area contributed by atoms with E-state index in [2.05, 4.69) is 25.6 Å². The summed E-state index contributed by atoms with van der Waals surface area (Å²) in [5, 5.41) is 25.6.